The Labute approximate surface area is 95.5 Å². The van der Waals surface area contributed by atoms with Gasteiger partial charge in [-0.2, -0.15) is 0 Å². The van der Waals surface area contributed by atoms with Gasteiger partial charge in [-0.1, -0.05) is 12.1 Å². The normalized spacial score (nSPS) is 13.2. The summed E-state index contributed by atoms with van der Waals surface area (Å²) in [6.07, 6.45) is 0.835. The van der Waals surface area contributed by atoms with Crippen LogP contribution in [0.5, 0.6) is 5.75 Å². The first-order valence-corrected chi connectivity index (χ1v) is 5.69. The van der Waals surface area contributed by atoms with E-state index in [9.17, 15) is 5.11 Å². The average molecular weight is 218 g/mol. The molecule has 3 N–H and O–H groups in total. The van der Waals surface area contributed by atoms with E-state index in [1.165, 1.54) is 5.69 Å². The third-order valence-electron chi connectivity index (χ3n) is 2.83. The summed E-state index contributed by atoms with van der Waals surface area (Å²) in [5, 5.41) is 11.0. The Morgan fingerprint density at radius 1 is 1.44 bits per heavy atom. The lowest BCUT2D eigenvalue weighted by atomic mass is 10.2. The number of para-hydroxylation sites is 1. The van der Waals surface area contributed by atoms with Crippen LogP contribution in [0, 0.1) is 0 Å². The molecule has 0 aliphatic rings. The highest BCUT2D eigenvalue weighted by Gasteiger charge is 2.11. The largest absolute Gasteiger partial charge is 0.506 e. The van der Waals surface area contributed by atoms with Crippen LogP contribution in [0.3, 0.4) is 0 Å². The molecule has 0 aliphatic carbocycles. The monoisotopic (exact) mass is 218 g/mol. The fourth-order valence-electron chi connectivity index (χ4n) is 2.22. The van der Waals surface area contributed by atoms with E-state index in [-0.39, 0.29) is 6.04 Å². The maximum Gasteiger partial charge on any atom is 0.139 e. The number of aryl methyl sites for hydroxylation is 1. The van der Waals surface area contributed by atoms with Crippen LogP contribution in [0.25, 0.3) is 10.9 Å². The minimum absolute atomic E-state index is 0.136. The molecule has 3 heteroatoms. The fraction of sp³-hybridized carbons (Fsp3) is 0.385. The molecule has 1 aromatic carbocycles. The van der Waals surface area contributed by atoms with Gasteiger partial charge in [-0.25, -0.2) is 0 Å². The molecule has 1 heterocycles. The first kappa shape index (κ1) is 11.0. The number of aromatic nitrogens is 1. The molecule has 1 aromatic heterocycles. The Hall–Kier alpha value is -1.48. The fourth-order valence-corrected chi connectivity index (χ4v) is 2.22. The SMILES string of the molecule is CCn1c(CC(C)N)cc2cccc(O)c21. The topological polar surface area (TPSA) is 51.2 Å². The van der Waals surface area contributed by atoms with Gasteiger partial charge in [0.2, 0.25) is 0 Å². The second kappa shape index (κ2) is 4.18. The number of phenolic OH excluding ortho intramolecular Hbond substituents is 1. The number of aromatic hydroxyl groups is 1. The zero-order valence-corrected chi connectivity index (χ0v) is 9.77. The first-order chi connectivity index (χ1) is 7.63. The number of hydrogen-bond acceptors (Lipinski definition) is 2. The van der Waals surface area contributed by atoms with Crippen LogP contribution >= 0.6 is 0 Å². The molecule has 2 aromatic rings. The van der Waals surface area contributed by atoms with Crippen molar-refractivity contribution in [1.82, 2.24) is 4.57 Å². The summed E-state index contributed by atoms with van der Waals surface area (Å²) in [5.74, 6) is 0.343. The molecule has 0 spiro atoms. The Morgan fingerprint density at radius 2 is 2.19 bits per heavy atom. The van der Waals surface area contributed by atoms with Gasteiger partial charge in [0.05, 0.1) is 5.52 Å². The van der Waals surface area contributed by atoms with E-state index in [0.717, 1.165) is 23.9 Å². The number of hydrogen-bond donors (Lipinski definition) is 2. The van der Waals surface area contributed by atoms with Crippen molar-refractivity contribution in [3.63, 3.8) is 0 Å². The molecule has 0 aliphatic heterocycles. The smallest absolute Gasteiger partial charge is 0.139 e. The van der Waals surface area contributed by atoms with Crippen LogP contribution in [-0.4, -0.2) is 15.7 Å². The van der Waals surface area contributed by atoms with Crippen molar-refractivity contribution in [2.24, 2.45) is 5.73 Å². The number of nitrogens with two attached hydrogens (primary N) is 1. The van der Waals surface area contributed by atoms with E-state index in [0.29, 0.717) is 5.75 Å². The molecule has 0 fully saturated rings. The molecule has 86 valence electrons. The summed E-state index contributed by atoms with van der Waals surface area (Å²) < 4.78 is 2.13. The Balaban J connectivity index is 2.62. The van der Waals surface area contributed by atoms with Crippen molar-refractivity contribution in [3.05, 3.63) is 30.0 Å². The quantitative estimate of drug-likeness (QED) is 0.830. The number of fused-ring (bicyclic) bond motifs is 1. The van der Waals surface area contributed by atoms with E-state index < -0.39 is 0 Å². The lowest BCUT2D eigenvalue weighted by Gasteiger charge is -2.10. The lowest BCUT2D eigenvalue weighted by Crippen LogP contribution is -2.19. The van der Waals surface area contributed by atoms with Gasteiger partial charge in [0.1, 0.15) is 5.75 Å². The summed E-state index contributed by atoms with van der Waals surface area (Å²) in [4.78, 5) is 0. The summed E-state index contributed by atoms with van der Waals surface area (Å²) in [6, 6.07) is 7.86. The highest BCUT2D eigenvalue weighted by atomic mass is 16.3. The second-order valence-electron chi connectivity index (χ2n) is 4.28. The summed E-state index contributed by atoms with van der Waals surface area (Å²) in [5.41, 5.74) is 7.94. The van der Waals surface area contributed by atoms with E-state index in [4.69, 9.17) is 5.73 Å². The number of nitrogens with zero attached hydrogens (tertiary/aromatic N) is 1. The summed E-state index contributed by atoms with van der Waals surface area (Å²) in [6.45, 7) is 4.93. The van der Waals surface area contributed by atoms with Gasteiger partial charge >= 0.3 is 0 Å². The maximum absolute atomic E-state index is 9.88. The number of rotatable bonds is 3. The van der Waals surface area contributed by atoms with Crippen LogP contribution in [0.2, 0.25) is 0 Å². The van der Waals surface area contributed by atoms with Gasteiger partial charge < -0.3 is 15.4 Å². The summed E-state index contributed by atoms with van der Waals surface area (Å²) in [7, 11) is 0. The van der Waals surface area contributed by atoms with Gasteiger partial charge in [-0.05, 0) is 26.0 Å². The van der Waals surface area contributed by atoms with Crippen molar-refractivity contribution < 1.29 is 5.11 Å². The van der Waals surface area contributed by atoms with Crippen LogP contribution in [0.4, 0.5) is 0 Å². The van der Waals surface area contributed by atoms with Gasteiger partial charge in [-0.3, -0.25) is 0 Å². The second-order valence-corrected chi connectivity index (χ2v) is 4.28. The van der Waals surface area contributed by atoms with Crippen molar-refractivity contribution in [2.75, 3.05) is 0 Å². The molecule has 0 saturated carbocycles. The summed E-state index contributed by atoms with van der Waals surface area (Å²) >= 11 is 0. The molecule has 1 unspecified atom stereocenters. The third kappa shape index (κ3) is 1.78. The molecule has 2 rings (SSSR count). The first-order valence-electron chi connectivity index (χ1n) is 5.69. The average Bonchev–Trinajstić information content (AvgIpc) is 2.55. The molecule has 0 saturated heterocycles. The van der Waals surface area contributed by atoms with Crippen molar-refractivity contribution in [2.45, 2.75) is 32.9 Å². The molecule has 3 nitrogen and oxygen atoms in total. The molecular formula is C13H18N2O. The van der Waals surface area contributed by atoms with Crippen LogP contribution in [0.15, 0.2) is 24.3 Å². The number of phenols is 1. The van der Waals surface area contributed by atoms with E-state index in [1.54, 1.807) is 6.07 Å². The molecule has 16 heavy (non-hydrogen) atoms. The van der Waals surface area contributed by atoms with Crippen LogP contribution in [0.1, 0.15) is 19.5 Å². The minimum Gasteiger partial charge on any atom is -0.506 e. The molecular weight excluding hydrogens is 200 g/mol. The van der Waals surface area contributed by atoms with E-state index >= 15 is 0 Å². The maximum atomic E-state index is 9.88. The van der Waals surface area contributed by atoms with Gasteiger partial charge in [-0.15, -0.1) is 0 Å². The van der Waals surface area contributed by atoms with E-state index in [2.05, 4.69) is 17.6 Å². The Bertz CT molecular complexity index is 500. The number of benzene rings is 1. The predicted molar refractivity (Wildman–Crippen MR) is 66.6 cm³/mol. The van der Waals surface area contributed by atoms with Crippen LogP contribution in [-0.2, 0) is 13.0 Å². The van der Waals surface area contributed by atoms with Gasteiger partial charge in [0.15, 0.2) is 0 Å². The van der Waals surface area contributed by atoms with Gasteiger partial charge in [0, 0.05) is 30.1 Å². The van der Waals surface area contributed by atoms with Crippen molar-refractivity contribution >= 4 is 10.9 Å². The van der Waals surface area contributed by atoms with Gasteiger partial charge in [0.25, 0.3) is 0 Å². The standard InChI is InChI=1S/C13H18N2O/c1-3-15-11(7-9(2)14)8-10-5-4-6-12(16)13(10)15/h4-6,8-9,16H,3,7,14H2,1-2H3. The molecule has 0 bridgehead atoms. The Morgan fingerprint density at radius 3 is 2.81 bits per heavy atom. The Kier molecular flexibility index (Phi) is 2.88. The lowest BCUT2D eigenvalue weighted by molar-refractivity contribution is 0.477. The zero-order valence-electron chi connectivity index (χ0n) is 9.77. The highest BCUT2D eigenvalue weighted by molar-refractivity contribution is 5.86. The van der Waals surface area contributed by atoms with Crippen molar-refractivity contribution in [3.8, 4) is 5.75 Å². The predicted octanol–water partition coefficient (Wildman–Crippen LogP) is 2.26. The molecule has 0 amide bonds. The minimum atomic E-state index is 0.136. The molecule has 1 atom stereocenters. The highest BCUT2D eigenvalue weighted by Crippen LogP contribution is 2.28. The third-order valence-corrected chi connectivity index (χ3v) is 2.83. The van der Waals surface area contributed by atoms with E-state index in [1.807, 2.05) is 19.1 Å². The molecule has 0 radical (unpaired) electrons. The van der Waals surface area contributed by atoms with Crippen molar-refractivity contribution in [1.29, 1.82) is 0 Å². The van der Waals surface area contributed by atoms with Crippen LogP contribution < -0.4 is 5.73 Å². The zero-order chi connectivity index (χ0) is 11.7.